The molecule has 0 radical (unpaired) electrons. The summed E-state index contributed by atoms with van der Waals surface area (Å²) in [5.74, 6) is 1.33. The molecule has 0 fully saturated rings. The fraction of sp³-hybridized carbons (Fsp3) is 0.227. The van der Waals surface area contributed by atoms with E-state index in [1.165, 1.54) is 0 Å². The van der Waals surface area contributed by atoms with Crippen LogP contribution in [0.1, 0.15) is 24.6 Å². The lowest BCUT2D eigenvalue weighted by atomic mass is 10.1. The minimum Gasteiger partial charge on any atom is -0.354 e. The van der Waals surface area contributed by atoms with Crippen molar-refractivity contribution in [2.45, 2.75) is 26.7 Å². The van der Waals surface area contributed by atoms with E-state index in [1.807, 2.05) is 74.5 Å². The first-order chi connectivity index (χ1) is 13.6. The van der Waals surface area contributed by atoms with Crippen LogP contribution in [0.25, 0.3) is 0 Å². The summed E-state index contributed by atoms with van der Waals surface area (Å²) in [5.41, 5.74) is 3.71. The van der Waals surface area contributed by atoms with Crippen LogP contribution in [0.15, 0.2) is 60.7 Å². The zero-order chi connectivity index (χ0) is 19.8. The molecule has 6 heteroatoms. The van der Waals surface area contributed by atoms with E-state index in [1.54, 1.807) is 0 Å². The lowest BCUT2D eigenvalue weighted by molar-refractivity contribution is -0.116. The predicted octanol–water partition coefficient (Wildman–Crippen LogP) is 4.53. The van der Waals surface area contributed by atoms with E-state index in [0.717, 1.165) is 41.4 Å². The summed E-state index contributed by atoms with van der Waals surface area (Å²) in [4.78, 5) is 20.9. The zero-order valence-corrected chi connectivity index (χ0v) is 16.2. The van der Waals surface area contributed by atoms with Crippen molar-refractivity contribution in [3.63, 3.8) is 0 Å². The summed E-state index contributed by atoms with van der Waals surface area (Å²) in [5, 5.41) is 9.32. The SMILES string of the molecule is CCNc1nc(C)cc(Nc2ccc(NC(=O)CCc3ccccc3)cc2)n1. The molecule has 1 aromatic heterocycles. The Bertz CT molecular complexity index is 910. The Morgan fingerprint density at radius 3 is 2.39 bits per heavy atom. The van der Waals surface area contributed by atoms with E-state index >= 15 is 0 Å². The second-order valence-corrected chi connectivity index (χ2v) is 6.48. The van der Waals surface area contributed by atoms with Crippen molar-refractivity contribution in [3.8, 4) is 0 Å². The molecule has 0 saturated heterocycles. The number of nitrogens with one attached hydrogen (secondary N) is 3. The molecular weight excluding hydrogens is 350 g/mol. The van der Waals surface area contributed by atoms with Crippen LogP contribution in [-0.2, 0) is 11.2 Å². The van der Waals surface area contributed by atoms with Crippen LogP contribution in [0.5, 0.6) is 0 Å². The van der Waals surface area contributed by atoms with Crippen LogP contribution < -0.4 is 16.0 Å². The summed E-state index contributed by atoms with van der Waals surface area (Å²) in [7, 11) is 0. The molecule has 28 heavy (non-hydrogen) atoms. The van der Waals surface area contributed by atoms with Gasteiger partial charge >= 0.3 is 0 Å². The highest BCUT2D eigenvalue weighted by Crippen LogP contribution is 2.19. The summed E-state index contributed by atoms with van der Waals surface area (Å²) < 4.78 is 0. The smallest absolute Gasteiger partial charge is 0.224 e. The quantitative estimate of drug-likeness (QED) is 0.539. The summed E-state index contributed by atoms with van der Waals surface area (Å²) >= 11 is 0. The maximum absolute atomic E-state index is 12.1. The van der Waals surface area contributed by atoms with Crippen molar-refractivity contribution >= 4 is 29.0 Å². The number of aryl methyl sites for hydroxylation is 2. The van der Waals surface area contributed by atoms with Gasteiger partial charge in [-0.3, -0.25) is 4.79 Å². The highest BCUT2D eigenvalue weighted by atomic mass is 16.1. The monoisotopic (exact) mass is 375 g/mol. The molecule has 1 heterocycles. The Kier molecular flexibility index (Phi) is 6.57. The van der Waals surface area contributed by atoms with Gasteiger partial charge in [0.05, 0.1) is 0 Å². The van der Waals surface area contributed by atoms with Gasteiger partial charge in [-0.05, 0) is 50.1 Å². The molecule has 2 aromatic carbocycles. The fourth-order valence-corrected chi connectivity index (χ4v) is 2.78. The number of carbonyl (C=O) groups excluding carboxylic acids is 1. The van der Waals surface area contributed by atoms with Crippen molar-refractivity contribution in [1.29, 1.82) is 0 Å². The molecule has 0 aliphatic carbocycles. The van der Waals surface area contributed by atoms with E-state index in [2.05, 4.69) is 25.9 Å². The third kappa shape index (κ3) is 5.81. The predicted molar refractivity (Wildman–Crippen MR) is 114 cm³/mol. The van der Waals surface area contributed by atoms with Crippen molar-refractivity contribution in [1.82, 2.24) is 9.97 Å². The molecule has 0 bridgehead atoms. The third-order valence-electron chi connectivity index (χ3n) is 4.11. The fourth-order valence-electron chi connectivity index (χ4n) is 2.78. The molecule has 3 N–H and O–H groups in total. The summed E-state index contributed by atoms with van der Waals surface area (Å²) in [6.07, 6.45) is 1.19. The number of hydrogen-bond donors (Lipinski definition) is 3. The number of aromatic nitrogens is 2. The van der Waals surface area contributed by atoms with Crippen LogP contribution in [0.3, 0.4) is 0 Å². The Morgan fingerprint density at radius 1 is 0.964 bits per heavy atom. The number of benzene rings is 2. The van der Waals surface area contributed by atoms with E-state index in [9.17, 15) is 4.79 Å². The number of amides is 1. The number of anilines is 4. The average Bonchev–Trinajstić information content (AvgIpc) is 2.69. The minimum atomic E-state index is 0.00580. The van der Waals surface area contributed by atoms with Gasteiger partial charge in [0.2, 0.25) is 11.9 Å². The Morgan fingerprint density at radius 2 is 1.68 bits per heavy atom. The minimum absolute atomic E-state index is 0.00580. The maximum atomic E-state index is 12.1. The lowest BCUT2D eigenvalue weighted by Crippen LogP contribution is -2.12. The molecule has 0 aliphatic rings. The second-order valence-electron chi connectivity index (χ2n) is 6.48. The molecule has 0 atom stereocenters. The van der Waals surface area contributed by atoms with Gasteiger partial charge in [-0.15, -0.1) is 0 Å². The van der Waals surface area contributed by atoms with Crippen LogP contribution in [0.4, 0.5) is 23.1 Å². The molecule has 0 aliphatic heterocycles. The van der Waals surface area contributed by atoms with Crippen LogP contribution in [0.2, 0.25) is 0 Å². The molecule has 144 valence electrons. The van der Waals surface area contributed by atoms with Gasteiger partial charge in [-0.2, -0.15) is 4.98 Å². The van der Waals surface area contributed by atoms with Gasteiger partial charge in [0, 0.05) is 36.1 Å². The van der Waals surface area contributed by atoms with E-state index in [0.29, 0.717) is 12.4 Å². The van der Waals surface area contributed by atoms with E-state index in [4.69, 9.17) is 0 Å². The van der Waals surface area contributed by atoms with Crippen molar-refractivity contribution < 1.29 is 4.79 Å². The molecule has 0 spiro atoms. The van der Waals surface area contributed by atoms with Gasteiger partial charge in [-0.25, -0.2) is 4.98 Å². The molecule has 3 rings (SSSR count). The second kappa shape index (κ2) is 9.50. The number of rotatable bonds is 8. The number of carbonyl (C=O) groups is 1. The van der Waals surface area contributed by atoms with Gasteiger partial charge in [0.15, 0.2) is 0 Å². The molecule has 0 unspecified atom stereocenters. The Labute approximate surface area is 165 Å². The van der Waals surface area contributed by atoms with Gasteiger partial charge in [0.25, 0.3) is 0 Å². The number of hydrogen-bond acceptors (Lipinski definition) is 5. The molecule has 6 nitrogen and oxygen atoms in total. The zero-order valence-electron chi connectivity index (χ0n) is 16.2. The Balaban J connectivity index is 1.55. The molecule has 0 saturated carbocycles. The van der Waals surface area contributed by atoms with Crippen molar-refractivity contribution in [2.75, 3.05) is 22.5 Å². The summed E-state index contributed by atoms with van der Waals surface area (Å²) in [6, 6.07) is 19.5. The van der Waals surface area contributed by atoms with E-state index in [-0.39, 0.29) is 5.91 Å². The molecule has 1 amide bonds. The van der Waals surface area contributed by atoms with Crippen LogP contribution >= 0.6 is 0 Å². The largest absolute Gasteiger partial charge is 0.354 e. The van der Waals surface area contributed by atoms with Crippen LogP contribution in [-0.4, -0.2) is 22.4 Å². The van der Waals surface area contributed by atoms with Crippen molar-refractivity contribution in [3.05, 3.63) is 71.9 Å². The van der Waals surface area contributed by atoms with Gasteiger partial charge in [0.1, 0.15) is 5.82 Å². The first-order valence-electron chi connectivity index (χ1n) is 9.43. The molecule has 3 aromatic rings. The van der Waals surface area contributed by atoms with Gasteiger partial charge < -0.3 is 16.0 Å². The highest BCUT2D eigenvalue weighted by Gasteiger charge is 2.05. The van der Waals surface area contributed by atoms with E-state index < -0.39 is 0 Å². The third-order valence-corrected chi connectivity index (χ3v) is 4.11. The standard InChI is InChI=1S/C22H25N5O/c1-3-23-22-24-16(2)15-20(27-22)25-18-10-12-19(13-11-18)26-21(28)14-9-17-7-5-4-6-8-17/h4-8,10-13,15H,3,9,14H2,1-2H3,(H,26,28)(H2,23,24,25,27). The first kappa shape index (κ1) is 19.4. The maximum Gasteiger partial charge on any atom is 0.224 e. The van der Waals surface area contributed by atoms with Gasteiger partial charge in [-0.1, -0.05) is 30.3 Å². The normalized spacial score (nSPS) is 10.4. The number of nitrogens with zero attached hydrogens (tertiary/aromatic N) is 2. The average molecular weight is 375 g/mol. The molecular formula is C22H25N5O. The first-order valence-corrected chi connectivity index (χ1v) is 9.43. The Hall–Kier alpha value is -3.41. The summed E-state index contributed by atoms with van der Waals surface area (Å²) in [6.45, 7) is 4.70. The lowest BCUT2D eigenvalue weighted by Gasteiger charge is -2.10. The highest BCUT2D eigenvalue weighted by molar-refractivity contribution is 5.91. The topological polar surface area (TPSA) is 78.9 Å². The van der Waals surface area contributed by atoms with Crippen LogP contribution in [0, 0.1) is 6.92 Å². The van der Waals surface area contributed by atoms with Crippen molar-refractivity contribution in [2.24, 2.45) is 0 Å².